The summed E-state index contributed by atoms with van der Waals surface area (Å²) in [5.74, 6) is -1.12. The van der Waals surface area contributed by atoms with E-state index in [2.05, 4.69) is 19.6 Å². The molecular formula is C14H34O8. The second kappa shape index (κ2) is 24.8. The van der Waals surface area contributed by atoms with Crippen molar-refractivity contribution in [2.24, 2.45) is 0 Å². The quantitative estimate of drug-likeness (QED) is 0.336. The minimum Gasteiger partial charge on any atom is -0.394 e. The second-order valence-electron chi connectivity index (χ2n) is 3.21. The summed E-state index contributed by atoms with van der Waals surface area (Å²) in [7, 11) is 0. The molecule has 138 valence electrons. The van der Waals surface area contributed by atoms with E-state index in [1.54, 1.807) is 0 Å². The maximum Gasteiger partial charge on any atom is 0.342 e. The maximum absolute atomic E-state index is 11.0. The molecular weight excluding hydrogens is 296 g/mol. The standard InChI is InChI=1S/C10H18O8.4CH4/c11-5-7-15-17-9(13)3-1-2-4-10(14)18-16-8-6-12;;;;/h11-12H,1-8H2;4*1H4. The van der Waals surface area contributed by atoms with Gasteiger partial charge in [-0.25, -0.2) is 9.59 Å². The number of carbonyl (C=O) groups excluding carboxylic acids is 2. The van der Waals surface area contributed by atoms with Crippen molar-refractivity contribution in [1.82, 2.24) is 0 Å². The molecule has 0 saturated carbocycles. The lowest BCUT2D eigenvalue weighted by Gasteiger charge is -2.03. The van der Waals surface area contributed by atoms with Crippen molar-refractivity contribution in [1.29, 1.82) is 0 Å². The number of aliphatic hydroxyl groups excluding tert-OH is 2. The lowest BCUT2D eigenvalue weighted by Crippen LogP contribution is -2.09. The van der Waals surface area contributed by atoms with Crippen LogP contribution in [0.15, 0.2) is 0 Å². The highest BCUT2D eigenvalue weighted by molar-refractivity contribution is 5.69. The van der Waals surface area contributed by atoms with Gasteiger partial charge in [-0.2, -0.15) is 9.78 Å². The third-order valence-electron chi connectivity index (χ3n) is 1.66. The molecule has 0 aromatic rings. The molecule has 0 spiro atoms. The Morgan fingerprint density at radius 3 is 1.27 bits per heavy atom. The maximum atomic E-state index is 11.0. The molecule has 8 nitrogen and oxygen atoms in total. The predicted molar refractivity (Wildman–Crippen MR) is 83.7 cm³/mol. The lowest BCUT2D eigenvalue weighted by atomic mass is 10.2. The third-order valence-corrected chi connectivity index (χ3v) is 1.66. The van der Waals surface area contributed by atoms with Crippen LogP contribution in [-0.4, -0.2) is 48.6 Å². The minimum absolute atomic E-state index is 0. The molecule has 0 aliphatic rings. The molecule has 0 radical (unpaired) electrons. The van der Waals surface area contributed by atoms with Crippen molar-refractivity contribution in [3.8, 4) is 0 Å². The van der Waals surface area contributed by atoms with Gasteiger partial charge in [-0.3, -0.25) is 9.78 Å². The van der Waals surface area contributed by atoms with Gasteiger partial charge < -0.3 is 10.2 Å². The van der Waals surface area contributed by atoms with Crippen LogP contribution in [0.2, 0.25) is 0 Å². The normalized spacial score (nSPS) is 8.27. The summed E-state index contributed by atoms with van der Waals surface area (Å²) < 4.78 is 0. The zero-order valence-electron chi connectivity index (χ0n) is 10.0. The Balaban J connectivity index is -0.000000241. The van der Waals surface area contributed by atoms with Gasteiger partial charge in [0.1, 0.15) is 13.2 Å². The topological polar surface area (TPSA) is 112 Å². The predicted octanol–water partition coefficient (Wildman–Crippen LogP) is 2.03. The lowest BCUT2D eigenvalue weighted by molar-refractivity contribution is -0.276. The number of hydrogen-bond acceptors (Lipinski definition) is 8. The Morgan fingerprint density at radius 1 is 0.682 bits per heavy atom. The molecule has 22 heavy (non-hydrogen) atoms. The van der Waals surface area contributed by atoms with Crippen LogP contribution in [0.25, 0.3) is 0 Å². The van der Waals surface area contributed by atoms with Crippen LogP contribution in [0.1, 0.15) is 55.4 Å². The Morgan fingerprint density at radius 2 is 1.00 bits per heavy atom. The van der Waals surface area contributed by atoms with Gasteiger partial charge in [0, 0.05) is 12.8 Å². The van der Waals surface area contributed by atoms with Crippen molar-refractivity contribution in [2.45, 2.75) is 55.4 Å². The average molecular weight is 330 g/mol. The van der Waals surface area contributed by atoms with Crippen LogP contribution in [-0.2, 0) is 29.1 Å². The molecule has 0 fully saturated rings. The van der Waals surface area contributed by atoms with Crippen molar-refractivity contribution in [2.75, 3.05) is 26.4 Å². The third kappa shape index (κ3) is 23.8. The molecule has 0 heterocycles. The summed E-state index contributed by atoms with van der Waals surface area (Å²) in [6, 6.07) is 0. The summed E-state index contributed by atoms with van der Waals surface area (Å²) in [6.45, 7) is -0.597. The van der Waals surface area contributed by atoms with Crippen LogP contribution in [0, 0.1) is 0 Å². The van der Waals surface area contributed by atoms with Gasteiger partial charge in [0.25, 0.3) is 0 Å². The minimum atomic E-state index is -0.562. The van der Waals surface area contributed by atoms with E-state index >= 15 is 0 Å². The summed E-state index contributed by atoms with van der Waals surface area (Å²) in [4.78, 5) is 39.3. The van der Waals surface area contributed by atoms with E-state index in [1.165, 1.54) is 0 Å². The molecule has 2 N–H and O–H groups in total. The fourth-order valence-corrected chi connectivity index (χ4v) is 0.911. The van der Waals surface area contributed by atoms with Crippen molar-refractivity contribution in [3.63, 3.8) is 0 Å². The monoisotopic (exact) mass is 330 g/mol. The molecule has 0 aliphatic heterocycles. The highest BCUT2D eigenvalue weighted by atomic mass is 17.2. The molecule has 0 aromatic heterocycles. The Hall–Kier alpha value is -1.22. The summed E-state index contributed by atoms with van der Waals surface area (Å²) in [5.41, 5.74) is 0. The zero-order chi connectivity index (χ0) is 13.6. The first-order valence-corrected chi connectivity index (χ1v) is 5.57. The Labute approximate surface area is 134 Å². The zero-order valence-corrected chi connectivity index (χ0v) is 10.0. The fraction of sp³-hybridized carbons (Fsp3) is 0.857. The number of carbonyl (C=O) groups is 2. The van der Waals surface area contributed by atoms with E-state index in [0.717, 1.165) is 0 Å². The SMILES string of the molecule is C.C.C.C.O=C(CCCCC(=O)OOCCO)OOCCO. The van der Waals surface area contributed by atoms with Gasteiger partial charge in [-0.05, 0) is 12.8 Å². The number of aliphatic hydroxyl groups is 2. The molecule has 0 aromatic carbocycles. The summed E-state index contributed by atoms with van der Waals surface area (Å²) in [5, 5.41) is 16.7. The van der Waals surface area contributed by atoms with Crippen LogP contribution in [0.5, 0.6) is 0 Å². The summed E-state index contributed by atoms with van der Waals surface area (Å²) in [6.07, 6.45) is 1.10. The molecule has 0 saturated heterocycles. The number of hydrogen-bond donors (Lipinski definition) is 2. The van der Waals surface area contributed by atoms with Crippen LogP contribution in [0.3, 0.4) is 0 Å². The van der Waals surface area contributed by atoms with Gasteiger partial charge in [0.15, 0.2) is 0 Å². The first kappa shape index (κ1) is 32.7. The molecule has 0 bridgehead atoms. The van der Waals surface area contributed by atoms with Gasteiger partial charge in [0.05, 0.1) is 13.2 Å². The van der Waals surface area contributed by atoms with Gasteiger partial charge >= 0.3 is 11.9 Å². The van der Waals surface area contributed by atoms with Crippen LogP contribution in [0.4, 0.5) is 0 Å². The number of rotatable bonds is 11. The van der Waals surface area contributed by atoms with Crippen molar-refractivity contribution < 1.29 is 39.4 Å². The van der Waals surface area contributed by atoms with Gasteiger partial charge in [-0.1, -0.05) is 29.7 Å². The Kier molecular flexibility index (Phi) is 36.8. The van der Waals surface area contributed by atoms with E-state index < -0.39 is 11.9 Å². The number of unbranched alkanes of at least 4 members (excludes halogenated alkanes) is 1. The average Bonchev–Trinajstić information content (AvgIpc) is 2.35. The second-order valence-corrected chi connectivity index (χ2v) is 3.21. The first-order chi connectivity index (χ1) is 8.70. The first-order valence-electron chi connectivity index (χ1n) is 5.57. The molecule has 0 rings (SSSR count). The van der Waals surface area contributed by atoms with Gasteiger partial charge in [0.2, 0.25) is 0 Å². The van der Waals surface area contributed by atoms with E-state index in [0.29, 0.717) is 12.8 Å². The summed E-state index contributed by atoms with van der Waals surface area (Å²) >= 11 is 0. The van der Waals surface area contributed by atoms with E-state index in [-0.39, 0.29) is 69.0 Å². The molecule has 0 atom stereocenters. The van der Waals surface area contributed by atoms with Crippen LogP contribution >= 0.6 is 0 Å². The van der Waals surface area contributed by atoms with E-state index in [1.807, 2.05) is 0 Å². The highest BCUT2D eigenvalue weighted by Gasteiger charge is 2.07. The van der Waals surface area contributed by atoms with Gasteiger partial charge in [-0.15, -0.1) is 0 Å². The highest BCUT2D eigenvalue weighted by Crippen LogP contribution is 2.03. The molecule has 0 unspecified atom stereocenters. The Bertz CT molecular complexity index is 209. The van der Waals surface area contributed by atoms with Crippen molar-refractivity contribution >= 4 is 11.9 Å². The smallest absolute Gasteiger partial charge is 0.342 e. The molecule has 0 aliphatic carbocycles. The van der Waals surface area contributed by atoms with E-state index in [4.69, 9.17) is 10.2 Å². The molecule has 0 amide bonds. The largest absolute Gasteiger partial charge is 0.394 e. The van der Waals surface area contributed by atoms with E-state index in [9.17, 15) is 9.59 Å². The fourth-order valence-electron chi connectivity index (χ4n) is 0.911. The molecule has 8 heteroatoms. The van der Waals surface area contributed by atoms with Crippen molar-refractivity contribution in [3.05, 3.63) is 0 Å². The van der Waals surface area contributed by atoms with Crippen LogP contribution < -0.4 is 0 Å².